The highest BCUT2D eigenvalue weighted by molar-refractivity contribution is 7.99. The standard InChI is InChI=1S/C21H27N5O2S/c1-16-4-2-3-5-18(16)26-9-8-22-21(26)29-15-20(28)25-12-10-24(11-13-25)14-19(27)23-17-6-7-17/h2-5,8-9,17H,6-7,10-15H2,1H3,(H,23,27). The van der Waals surface area contributed by atoms with Crippen LogP contribution in [0.2, 0.25) is 0 Å². The summed E-state index contributed by atoms with van der Waals surface area (Å²) in [6.45, 7) is 5.32. The van der Waals surface area contributed by atoms with Crippen molar-refractivity contribution in [2.24, 2.45) is 0 Å². The number of carbonyl (C=O) groups excluding carboxylic acids is 2. The summed E-state index contributed by atoms with van der Waals surface area (Å²) in [5.74, 6) is 0.590. The number of piperazine rings is 1. The number of aryl methyl sites for hydroxylation is 1. The first-order chi connectivity index (χ1) is 14.1. The summed E-state index contributed by atoms with van der Waals surface area (Å²) in [5, 5.41) is 3.84. The predicted octanol–water partition coefficient (Wildman–Crippen LogP) is 1.70. The number of rotatable bonds is 7. The quantitative estimate of drug-likeness (QED) is 0.700. The number of hydrogen-bond donors (Lipinski definition) is 1. The molecule has 0 unspecified atom stereocenters. The Hall–Kier alpha value is -2.32. The molecule has 29 heavy (non-hydrogen) atoms. The van der Waals surface area contributed by atoms with Crippen LogP contribution in [-0.4, -0.2) is 75.7 Å². The molecule has 2 heterocycles. The molecule has 7 nitrogen and oxygen atoms in total. The van der Waals surface area contributed by atoms with Crippen molar-refractivity contribution in [3.63, 3.8) is 0 Å². The minimum Gasteiger partial charge on any atom is -0.352 e. The number of amides is 2. The highest BCUT2D eigenvalue weighted by Gasteiger charge is 2.26. The fraction of sp³-hybridized carbons (Fsp3) is 0.476. The Morgan fingerprint density at radius 1 is 1.17 bits per heavy atom. The third-order valence-corrected chi connectivity index (χ3v) is 6.29. The number of thioether (sulfide) groups is 1. The molecule has 1 saturated carbocycles. The maximum absolute atomic E-state index is 12.7. The lowest BCUT2D eigenvalue weighted by Gasteiger charge is -2.34. The maximum atomic E-state index is 12.7. The van der Waals surface area contributed by atoms with Crippen LogP contribution in [0.15, 0.2) is 41.8 Å². The predicted molar refractivity (Wildman–Crippen MR) is 113 cm³/mol. The number of aromatic nitrogens is 2. The topological polar surface area (TPSA) is 70.5 Å². The number of para-hydroxylation sites is 1. The van der Waals surface area contributed by atoms with Gasteiger partial charge in [-0.2, -0.15) is 0 Å². The average Bonchev–Trinajstić information content (AvgIpc) is 3.41. The van der Waals surface area contributed by atoms with Crippen molar-refractivity contribution >= 4 is 23.6 Å². The van der Waals surface area contributed by atoms with Crippen LogP contribution in [0.25, 0.3) is 5.69 Å². The summed E-state index contributed by atoms with van der Waals surface area (Å²) in [6.07, 6.45) is 5.91. The highest BCUT2D eigenvalue weighted by Crippen LogP contribution is 2.23. The molecular weight excluding hydrogens is 386 g/mol. The van der Waals surface area contributed by atoms with Gasteiger partial charge in [0.05, 0.1) is 18.0 Å². The molecule has 2 fully saturated rings. The maximum Gasteiger partial charge on any atom is 0.234 e. The van der Waals surface area contributed by atoms with Gasteiger partial charge in [-0.3, -0.25) is 19.1 Å². The summed E-state index contributed by atoms with van der Waals surface area (Å²) in [7, 11) is 0. The van der Waals surface area contributed by atoms with Gasteiger partial charge in [0.15, 0.2) is 5.16 Å². The van der Waals surface area contributed by atoms with E-state index in [1.807, 2.05) is 27.8 Å². The third kappa shape index (κ3) is 5.19. The lowest BCUT2D eigenvalue weighted by molar-refractivity contribution is -0.130. The van der Waals surface area contributed by atoms with Gasteiger partial charge in [0, 0.05) is 44.6 Å². The molecule has 8 heteroatoms. The zero-order valence-corrected chi connectivity index (χ0v) is 17.5. The van der Waals surface area contributed by atoms with Crippen LogP contribution in [0, 0.1) is 6.92 Å². The molecule has 1 saturated heterocycles. The SMILES string of the molecule is Cc1ccccc1-n1ccnc1SCC(=O)N1CCN(CC(=O)NC2CC2)CC1. The van der Waals surface area contributed by atoms with Crippen LogP contribution < -0.4 is 5.32 Å². The lowest BCUT2D eigenvalue weighted by Crippen LogP contribution is -2.51. The van der Waals surface area contributed by atoms with E-state index in [9.17, 15) is 9.59 Å². The van der Waals surface area contributed by atoms with Crippen molar-refractivity contribution in [2.45, 2.75) is 31.0 Å². The van der Waals surface area contributed by atoms with Crippen molar-refractivity contribution in [1.29, 1.82) is 0 Å². The largest absolute Gasteiger partial charge is 0.352 e. The summed E-state index contributed by atoms with van der Waals surface area (Å²) in [6, 6.07) is 8.55. The normalized spacial score (nSPS) is 17.3. The molecular formula is C21H27N5O2S. The van der Waals surface area contributed by atoms with E-state index in [1.54, 1.807) is 6.20 Å². The number of imidazole rings is 1. The second-order valence-corrected chi connectivity index (χ2v) is 8.60. The zero-order chi connectivity index (χ0) is 20.2. The molecule has 2 amide bonds. The number of hydrogen-bond acceptors (Lipinski definition) is 5. The van der Waals surface area contributed by atoms with Crippen LogP contribution in [-0.2, 0) is 9.59 Å². The van der Waals surface area contributed by atoms with Crippen LogP contribution in [0.3, 0.4) is 0 Å². The molecule has 154 valence electrons. The molecule has 0 atom stereocenters. The minimum absolute atomic E-state index is 0.103. The number of carbonyl (C=O) groups is 2. The molecule has 2 aromatic rings. The van der Waals surface area contributed by atoms with Crippen LogP contribution in [0.5, 0.6) is 0 Å². The summed E-state index contributed by atoms with van der Waals surface area (Å²) in [5.41, 5.74) is 2.25. The van der Waals surface area contributed by atoms with Crippen molar-refractivity contribution in [3.8, 4) is 5.69 Å². The molecule has 4 rings (SSSR count). The lowest BCUT2D eigenvalue weighted by atomic mass is 10.2. The number of nitrogens with zero attached hydrogens (tertiary/aromatic N) is 4. The van der Waals surface area contributed by atoms with Gasteiger partial charge in [0.25, 0.3) is 0 Å². The van der Waals surface area contributed by atoms with Gasteiger partial charge < -0.3 is 10.2 Å². The van der Waals surface area contributed by atoms with E-state index in [0.717, 1.165) is 36.8 Å². The molecule has 0 radical (unpaired) electrons. The Morgan fingerprint density at radius 3 is 2.66 bits per heavy atom. The smallest absolute Gasteiger partial charge is 0.234 e. The van der Waals surface area contributed by atoms with Crippen molar-refractivity contribution in [3.05, 3.63) is 42.2 Å². The van der Waals surface area contributed by atoms with Crippen LogP contribution in [0.4, 0.5) is 0 Å². The van der Waals surface area contributed by atoms with E-state index in [-0.39, 0.29) is 11.8 Å². The van der Waals surface area contributed by atoms with E-state index in [2.05, 4.69) is 34.3 Å². The molecule has 0 bridgehead atoms. The number of benzene rings is 1. The molecule has 1 aromatic heterocycles. The van der Waals surface area contributed by atoms with Crippen molar-refractivity contribution in [1.82, 2.24) is 24.7 Å². The first-order valence-electron chi connectivity index (χ1n) is 10.1. The molecule has 1 aromatic carbocycles. The fourth-order valence-corrected chi connectivity index (χ4v) is 4.36. The second-order valence-electron chi connectivity index (χ2n) is 7.65. The first kappa shape index (κ1) is 20.0. The van der Waals surface area contributed by atoms with Gasteiger partial charge in [0.1, 0.15) is 0 Å². The Morgan fingerprint density at radius 2 is 1.93 bits per heavy atom. The van der Waals surface area contributed by atoms with Crippen molar-refractivity contribution < 1.29 is 9.59 Å². The Balaban J connectivity index is 1.25. The van der Waals surface area contributed by atoms with Crippen LogP contribution in [0.1, 0.15) is 18.4 Å². The monoisotopic (exact) mass is 413 g/mol. The van der Waals surface area contributed by atoms with E-state index in [4.69, 9.17) is 0 Å². The summed E-state index contributed by atoms with van der Waals surface area (Å²) in [4.78, 5) is 33.0. The minimum atomic E-state index is 0.103. The fourth-order valence-electron chi connectivity index (χ4n) is 3.49. The van der Waals surface area contributed by atoms with Gasteiger partial charge in [0.2, 0.25) is 11.8 Å². The van der Waals surface area contributed by atoms with Crippen molar-refractivity contribution in [2.75, 3.05) is 38.5 Å². The molecule has 0 spiro atoms. The Labute approximate surface area is 175 Å². The van der Waals surface area contributed by atoms with Gasteiger partial charge in [-0.15, -0.1) is 0 Å². The van der Waals surface area contributed by atoms with E-state index < -0.39 is 0 Å². The van der Waals surface area contributed by atoms with E-state index in [1.165, 1.54) is 17.3 Å². The van der Waals surface area contributed by atoms with Crippen LogP contribution >= 0.6 is 11.8 Å². The molecule has 1 N–H and O–H groups in total. The first-order valence-corrected chi connectivity index (χ1v) is 11.1. The number of nitrogens with one attached hydrogen (secondary N) is 1. The Bertz CT molecular complexity index is 871. The highest BCUT2D eigenvalue weighted by atomic mass is 32.2. The average molecular weight is 414 g/mol. The van der Waals surface area contributed by atoms with E-state index in [0.29, 0.717) is 31.4 Å². The summed E-state index contributed by atoms with van der Waals surface area (Å²) < 4.78 is 2.03. The third-order valence-electron chi connectivity index (χ3n) is 5.34. The van der Waals surface area contributed by atoms with Gasteiger partial charge >= 0.3 is 0 Å². The molecule has 2 aliphatic rings. The zero-order valence-electron chi connectivity index (χ0n) is 16.7. The van der Waals surface area contributed by atoms with Gasteiger partial charge in [-0.25, -0.2) is 4.98 Å². The van der Waals surface area contributed by atoms with Gasteiger partial charge in [-0.1, -0.05) is 30.0 Å². The second kappa shape index (κ2) is 9.00. The molecule has 1 aliphatic carbocycles. The van der Waals surface area contributed by atoms with Gasteiger partial charge in [-0.05, 0) is 31.4 Å². The Kier molecular flexibility index (Phi) is 6.20. The summed E-state index contributed by atoms with van der Waals surface area (Å²) >= 11 is 1.47. The van der Waals surface area contributed by atoms with E-state index >= 15 is 0 Å². The molecule has 1 aliphatic heterocycles.